The summed E-state index contributed by atoms with van der Waals surface area (Å²) < 4.78 is 0. The standard InChI is InChI=1S/C20H21N7/c1-2-16-17-18(25-24-16)22-13-23-20(17)27-11-9-26(10-12-27)19-15-6-4-3-5-14(15)7-8-21-19/h3-8,13H,2,9-12H2,1H3,(H,22,23,24,25). The average Bonchev–Trinajstić information content (AvgIpc) is 3.17. The molecule has 1 aliphatic heterocycles. The van der Waals surface area contributed by atoms with Gasteiger partial charge in [0.25, 0.3) is 0 Å². The van der Waals surface area contributed by atoms with Crippen LogP contribution in [0, 0.1) is 0 Å². The number of rotatable bonds is 3. The van der Waals surface area contributed by atoms with Gasteiger partial charge in [-0.3, -0.25) is 5.10 Å². The Morgan fingerprint density at radius 1 is 0.926 bits per heavy atom. The van der Waals surface area contributed by atoms with Crippen molar-refractivity contribution in [1.29, 1.82) is 0 Å². The van der Waals surface area contributed by atoms with E-state index in [4.69, 9.17) is 0 Å². The maximum Gasteiger partial charge on any atom is 0.160 e. The highest BCUT2D eigenvalue weighted by Gasteiger charge is 2.23. The highest BCUT2D eigenvalue weighted by atomic mass is 15.3. The van der Waals surface area contributed by atoms with Crippen LogP contribution in [0.3, 0.4) is 0 Å². The molecule has 7 heteroatoms. The topological polar surface area (TPSA) is 73.8 Å². The van der Waals surface area contributed by atoms with Crippen LogP contribution in [0.5, 0.6) is 0 Å². The number of anilines is 2. The Morgan fingerprint density at radius 3 is 2.52 bits per heavy atom. The first kappa shape index (κ1) is 16.0. The van der Waals surface area contributed by atoms with Gasteiger partial charge < -0.3 is 9.80 Å². The van der Waals surface area contributed by atoms with E-state index in [-0.39, 0.29) is 0 Å². The molecule has 1 aliphatic rings. The first-order chi connectivity index (χ1) is 13.3. The average molecular weight is 359 g/mol. The van der Waals surface area contributed by atoms with Crippen LogP contribution >= 0.6 is 0 Å². The molecule has 4 aromatic rings. The van der Waals surface area contributed by atoms with E-state index in [1.807, 2.05) is 6.20 Å². The van der Waals surface area contributed by atoms with Crippen LogP contribution < -0.4 is 9.80 Å². The molecule has 0 spiro atoms. The van der Waals surface area contributed by atoms with Gasteiger partial charge in [0, 0.05) is 37.8 Å². The second kappa shape index (κ2) is 6.50. The van der Waals surface area contributed by atoms with E-state index in [0.29, 0.717) is 0 Å². The number of piperazine rings is 1. The fourth-order valence-electron chi connectivity index (χ4n) is 3.88. The van der Waals surface area contributed by atoms with Crippen molar-refractivity contribution in [1.82, 2.24) is 25.1 Å². The quantitative estimate of drug-likeness (QED) is 0.606. The normalized spacial score (nSPS) is 15.0. The molecule has 0 saturated carbocycles. The lowest BCUT2D eigenvalue weighted by molar-refractivity contribution is 0.644. The number of nitrogens with zero attached hydrogens (tertiary/aromatic N) is 6. The number of hydrogen-bond acceptors (Lipinski definition) is 6. The Labute approximate surface area is 157 Å². The predicted octanol–water partition coefficient (Wildman–Crippen LogP) is 2.79. The zero-order chi connectivity index (χ0) is 18.2. The van der Waals surface area contributed by atoms with Gasteiger partial charge in [0.2, 0.25) is 0 Å². The van der Waals surface area contributed by atoms with Gasteiger partial charge >= 0.3 is 0 Å². The van der Waals surface area contributed by atoms with Crippen molar-refractivity contribution in [3.8, 4) is 0 Å². The number of nitrogens with one attached hydrogen (secondary N) is 1. The summed E-state index contributed by atoms with van der Waals surface area (Å²) in [4.78, 5) is 18.3. The number of aromatic nitrogens is 5. The van der Waals surface area contributed by atoms with Crippen LogP contribution in [0.15, 0.2) is 42.9 Å². The molecule has 0 unspecified atom stereocenters. The summed E-state index contributed by atoms with van der Waals surface area (Å²) in [5.74, 6) is 2.05. The summed E-state index contributed by atoms with van der Waals surface area (Å²) in [5.41, 5.74) is 1.84. The van der Waals surface area contributed by atoms with Crippen molar-refractivity contribution in [2.24, 2.45) is 0 Å². The van der Waals surface area contributed by atoms with Crippen molar-refractivity contribution in [2.45, 2.75) is 13.3 Å². The van der Waals surface area contributed by atoms with Crippen molar-refractivity contribution in [3.63, 3.8) is 0 Å². The molecule has 1 fully saturated rings. The van der Waals surface area contributed by atoms with Gasteiger partial charge in [-0.25, -0.2) is 15.0 Å². The zero-order valence-electron chi connectivity index (χ0n) is 15.3. The fourth-order valence-corrected chi connectivity index (χ4v) is 3.88. The van der Waals surface area contributed by atoms with E-state index in [1.54, 1.807) is 6.33 Å². The zero-order valence-corrected chi connectivity index (χ0v) is 15.3. The summed E-state index contributed by atoms with van der Waals surface area (Å²) in [5, 5.41) is 10.9. The fraction of sp³-hybridized carbons (Fsp3) is 0.300. The third-order valence-corrected chi connectivity index (χ3v) is 5.28. The second-order valence-electron chi connectivity index (χ2n) is 6.77. The van der Waals surface area contributed by atoms with Crippen LogP contribution in [0.25, 0.3) is 21.8 Å². The molecule has 7 nitrogen and oxygen atoms in total. The minimum Gasteiger partial charge on any atom is -0.353 e. The molecule has 1 N–H and O–H groups in total. The van der Waals surface area contributed by atoms with Crippen LogP contribution in [0.1, 0.15) is 12.6 Å². The summed E-state index contributed by atoms with van der Waals surface area (Å²) in [6.07, 6.45) is 4.38. The molecule has 0 aliphatic carbocycles. The molecule has 27 heavy (non-hydrogen) atoms. The maximum atomic E-state index is 4.66. The SMILES string of the molecule is CCc1n[nH]c2ncnc(N3CCN(c4nccc5ccccc45)CC3)c12. The lowest BCUT2D eigenvalue weighted by atomic mass is 10.1. The summed E-state index contributed by atoms with van der Waals surface area (Å²) in [7, 11) is 0. The number of aryl methyl sites for hydroxylation is 1. The van der Waals surface area contributed by atoms with E-state index in [0.717, 1.165) is 61.0 Å². The number of pyridine rings is 1. The van der Waals surface area contributed by atoms with Gasteiger partial charge in [-0.2, -0.15) is 5.10 Å². The lowest BCUT2D eigenvalue weighted by Crippen LogP contribution is -2.47. The molecule has 3 aromatic heterocycles. The molecule has 0 radical (unpaired) electrons. The highest BCUT2D eigenvalue weighted by Crippen LogP contribution is 2.28. The molecular weight excluding hydrogens is 338 g/mol. The number of aromatic amines is 1. The number of fused-ring (bicyclic) bond motifs is 2. The Hall–Kier alpha value is -3.22. The monoisotopic (exact) mass is 359 g/mol. The number of H-pyrrole nitrogens is 1. The summed E-state index contributed by atoms with van der Waals surface area (Å²) in [6.45, 7) is 5.71. The summed E-state index contributed by atoms with van der Waals surface area (Å²) >= 11 is 0. The molecule has 1 saturated heterocycles. The van der Waals surface area contributed by atoms with Crippen LogP contribution in [-0.2, 0) is 6.42 Å². The van der Waals surface area contributed by atoms with Gasteiger partial charge in [-0.15, -0.1) is 0 Å². The van der Waals surface area contributed by atoms with Crippen molar-refractivity contribution >= 4 is 33.4 Å². The molecule has 136 valence electrons. The Kier molecular flexibility index (Phi) is 3.85. The molecule has 1 aromatic carbocycles. The van der Waals surface area contributed by atoms with E-state index >= 15 is 0 Å². The van der Waals surface area contributed by atoms with Crippen LogP contribution in [-0.4, -0.2) is 51.3 Å². The van der Waals surface area contributed by atoms with E-state index in [1.165, 1.54) is 10.8 Å². The van der Waals surface area contributed by atoms with Gasteiger partial charge in [-0.1, -0.05) is 31.2 Å². The van der Waals surface area contributed by atoms with E-state index in [9.17, 15) is 0 Å². The third-order valence-electron chi connectivity index (χ3n) is 5.28. The third kappa shape index (κ3) is 2.66. The van der Waals surface area contributed by atoms with Crippen LogP contribution in [0.4, 0.5) is 11.6 Å². The second-order valence-corrected chi connectivity index (χ2v) is 6.77. The predicted molar refractivity (Wildman–Crippen MR) is 107 cm³/mol. The van der Waals surface area contributed by atoms with Crippen molar-refractivity contribution in [3.05, 3.63) is 48.5 Å². The molecular formula is C20H21N7. The van der Waals surface area contributed by atoms with Crippen molar-refractivity contribution < 1.29 is 0 Å². The largest absolute Gasteiger partial charge is 0.353 e. The van der Waals surface area contributed by atoms with Gasteiger partial charge in [-0.05, 0) is 17.9 Å². The lowest BCUT2D eigenvalue weighted by Gasteiger charge is -2.36. The molecule has 4 heterocycles. The van der Waals surface area contributed by atoms with E-state index < -0.39 is 0 Å². The summed E-state index contributed by atoms with van der Waals surface area (Å²) in [6, 6.07) is 10.5. The Bertz CT molecular complexity index is 1090. The smallest absolute Gasteiger partial charge is 0.160 e. The molecule has 0 bridgehead atoms. The van der Waals surface area contributed by atoms with Crippen LogP contribution in [0.2, 0.25) is 0 Å². The molecule has 5 rings (SSSR count). The molecule has 0 amide bonds. The number of hydrogen-bond donors (Lipinski definition) is 1. The Morgan fingerprint density at radius 2 is 1.70 bits per heavy atom. The highest BCUT2D eigenvalue weighted by molar-refractivity contribution is 5.92. The first-order valence-corrected chi connectivity index (χ1v) is 9.36. The maximum absolute atomic E-state index is 4.66. The van der Waals surface area contributed by atoms with Gasteiger partial charge in [0.1, 0.15) is 18.0 Å². The number of benzene rings is 1. The van der Waals surface area contributed by atoms with Gasteiger partial charge in [0.05, 0.1) is 11.1 Å². The molecule has 0 atom stereocenters. The van der Waals surface area contributed by atoms with E-state index in [2.05, 4.69) is 72.2 Å². The minimum atomic E-state index is 0.815. The Balaban J connectivity index is 1.43. The van der Waals surface area contributed by atoms with Gasteiger partial charge in [0.15, 0.2) is 5.65 Å². The minimum absolute atomic E-state index is 0.815. The first-order valence-electron chi connectivity index (χ1n) is 9.36. The van der Waals surface area contributed by atoms with Crippen molar-refractivity contribution in [2.75, 3.05) is 36.0 Å².